The molecule has 76 heavy (non-hydrogen) atoms. The molecule has 0 spiro atoms. The van der Waals surface area contributed by atoms with Crippen molar-refractivity contribution in [3.63, 3.8) is 0 Å². The SMILES string of the molecule is CC/C=C\C/C=C\C/C=C\C/C=C\C/C=C\C/C=C\CCCCCCCCCCCCCCCCCCCCCCC(=O)OC(COC(=O)CCCCCCCCCCCCCC)COC(OCC[N+](C)(C)C)C(=O)[O-]. The van der Waals surface area contributed by atoms with Crippen LogP contribution in [0.5, 0.6) is 0 Å². The molecule has 0 aliphatic carbocycles. The number of allylic oxidation sites excluding steroid dienone is 12. The van der Waals surface area contributed by atoms with Crippen molar-refractivity contribution >= 4 is 17.9 Å². The molecule has 0 saturated carbocycles. The third-order valence-electron chi connectivity index (χ3n) is 13.7. The number of carboxylic acids is 1. The minimum Gasteiger partial charge on any atom is -0.545 e. The zero-order valence-electron chi connectivity index (χ0n) is 50.1. The van der Waals surface area contributed by atoms with Crippen LogP contribution in [0, 0.1) is 0 Å². The quantitative estimate of drug-likeness (QED) is 0.0195. The van der Waals surface area contributed by atoms with E-state index in [-0.39, 0.29) is 32.2 Å². The van der Waals surface area contributed by atoms with E-state index < -0.39 is 24.3 Å². The molecule has 0 N–H and O–H groups in total. The molecule has 0 aromatic heterocycles. The fourth-order valence-electron chi connectivity index (χ4n) is 8.89. The Labute approximate surface area is 468 Å². The van der Waals surface area contributed by atoms with Crippen LogP contribution in [-0.4, -0.2) is 82.3 Å². The summed E-state index contributed by atoms with van der Waals surface area (Å²) in [7, 11) is 5.93. The first-order valence-electron chi connectivity index (χ1n) is 31.6. The summed E-state index contributed by atoms with van der Waals surface area (Å²) in [5.41, 5.74) is 0. The largest absolute Gasteiger partial charge is 0.545 e. The molecule has 0 radical (unpaired) electrons. The van der Waals surface area contributed by atoms with Crippen LogP contribution in [-0.2, 0) is 33.3 Å². The van der Waals surface area contributed by atoms with Gasteiger partial charge in [0.05, 0.1) is 40.3 Å². The van der Waals surface area contributed by atoms with Gasteiger partial charge in [-0.25, -0.2) is 0 Å². The van der Waals surface area contributed by atoms with Crippen LogP contribution in [0.1, 0.15) is 277 Å². The molecule has 9 heteroatoms. The molecule has 440 valence electrons. The number of quaternary nitrogens is 1. The first-order valence-corrected chi connectivity index (χ1v) is 31.6. The molecule has 2 unspecified atom stereocenters. The Morgan fingerprint density at radius 3 is 1.12 bits per heavy atom. The summed E-state index contributed by atoms with van der Waals surface area (Å²) in [6.45, 7) is 4.65. The van der Waals surface area contributed by atoms with E-state index in [0.717, 1.165) is 70.6 Å². The second-order valence-electron chi connectivity index (χ2n) is 22.3. The Morgan fingerprint density at radius 2 is 0.750 bits per heavy atom. The lowest BCUT2D eigenvalue weighted by atomic mass is 10.0. The van der Waals surface area contributed by atoms with Gasteiger partial charge in [0.25, 0.3) is 0 Å². The molecule has 0 amide bonds. The van der Waals surface area contributed by atoms with Crippen LogP contribution in [0.25, 0.3) is 0 Å². The van der Waals surface area contributed by atoms with Gasteiger partial charge >= 0.3 is 11.9 Å². The van der Waals surface area contributed by atoms with Crippen LogP contribution in [0.3, 0.4) is 0 Å². The summed E-state index contributed by atoms with van der Waals surface area (Å²) in [6, 6.07) is 0. The van der Waals surface area contributed by atoms with Crippen molar-refractivity contribution in [1.29, 1.82) is 0 Å². The zero-order valence-corrected chi connectivity index (χ0v) is 50.1. The zero-order chi connectivity index (χ0) is 55.5. The monoisotopic (exact) mass is 1070 g/mol. The van der Waals surface area contributed by atoms with E-state index in [1.54, 1.807) is 0 Å². The van der Waals surface area contributed by atoms with Gasteiger partial charge in [0.15, 0.2) is 12.4 Å². The summed E-state index contributed by atoms with van der Waals surface area (Å²) >= 11 is 0. The molecule has 0 rings (SSSR count). The second-order valence-corrected chi connectivity index (χ2v) is 22.3. The summed E-state index contributed by atoms with van der Waals surface area (Å²) < 4.78 is 22.7. The van der Waals surface area contributed by atoms with Gasteiger partial charge in [0, 0.05) is 12.8 Å². The predicted octanol–water partition coefficient (Wildman–Crippen LogP) is 17.6. The summed E-state index contributed by atoms with van der Waals surface area (Å²) in [4.78, 5) is 37.2. The minimum atomic E-state index is -1.62. The van der Waals surface area contributed by atoms with Gasteiger partial charge in [-0.3, -0.25) is 9.59 Å². The lowest BCUT2D eigenvalue weighted by Gasteiger charge is -2.26. The number of carbonyl (C=O) groups is 3. The number of nitrogens with zero attached hydrogens (tertiary/aromatic N) is 1. The maximum absolute atomic E-state index is 12.9. The van der Waals surface area contributed by atoms with Crippen LogP contribution in [0.15, 0.2) is 72.9 Å². The number of hydrogen-bond donors (Lipinski definition) is 0. The van der Waals surface area contributed by atoms with Crippen LogP contribution in [0.2, 0.25) is 0 Å². The molecule has 0 aliphatic heterocycles. The highest BCUT2D eigenvalue weighted by atomic mass is 16.7. The number of rotatable bonds is 58. The molecule has 0 heterocycles. The fraction of sp³-hybridized carbons (Fsp3) is 0.776. The lowest BCUT2D eigenvalue weighted by Crippen LogP contribution is -2.44. The maximum Gasteiger partial charge on any atom is 0.306 e. The maximum atomic E-state index is 12.9. The molecular formula is C67H119NO8. The number of likely N-dealkylation sites (N-methyl/N-ethyl adjacent to an activating group) is 1. The first kappa shape index (κ1) is 72.7. The number of hydrogen-bond acceptors (Lipinski definition) is 8. The lowest BCUT2D eigenvalue weighted by molar-refractivity contribution is -0.870. The molecule has 2 atom stereocenters. The molecular weight excluding hydrogens is 947 g/mol. The van der Waals surface area contributed by atoms with Crippen molar-refractivity contribution in [3.8, 4) is 0 Å². The summed E-state index contributed by atoms with van der Waals surface area (Å²) in [5.74, 6) is -2.27. The highest BCUT2D eigenvalue weighted by Gasteiger charge is 2.22. The van der Waals surface area contributed by atoms with Crippen molar-refractivity contribution in [1.82, 2.24) is 0 Å². The van der Waals surface area contributed by atoms with Crippen LogP contribution in [0.4, 0.5) is 0 Å². The van der Waals surface area contributed by atoms with Crippen molar-refractivity contribution in [3.05, 3.63) is 72.9 Å². The van der Waals surface area contributed by atoms with E-state index in [1.165, 1.54) is 173 Å². The van der Waals surface area contributed by atoms with Gasteiger partial charge in [-0.1, -0.05) is 273 Å². The van der Waals surface area contributed by atoms with Crippen molar-refractivity contribution < 1.29 is 42.9 Å². The molecule has 0 aromatic carbocycles. The molecule has 0 aromatic rings. The molecule has 9 nitrogen and oxygen atoms in total. The molecule has 0 fully saturated rings. The minimum absolute atomic E-state index is 0.149. The van der Waals surface area contributed by atoms with Gasteiger partial charge in [0.2, 0.25) is 0 Å². The highest BCUT2D eigenvalue weighted by molar-refractivity contribution is 5.70. The fourth-order valence-corrected chi connectivity index (χ4v) is 8.89. The van der Waals surface area contributed by atoms with E-state index in [0.29, 0.717) is 23.9 Å². The van der Waals surface area contributed by atoms with Gasteiger partial charge < -0.3 is 33.3 Å². The average Bonchev–Trinajstić information content (AvgIpc) is 3.39. The van der Waals surface area contributed by atoms with E-state index in [2.05, 4.69) is 86.8 Å². The Bertz CT molecular complexity index is 1470. The average molecular weight is 1070 g/mol. The van der Waals surface area contributed by atoms with E-state index in [1.807, 2.05) is 21.1 Å². The third-order valence-corrected chi connectivity index (χ3v) is 13.7. The van der Waals surface area contributed by atoms with Crippen LogP contribution >= 0.6 is 0 Å². The van der Waals surface area contributed by atoms with Gasteiger partial charge in [-0.15, -0.1) is 0 Å². The Balaban J connectivity index is 3.97. The van der Waals surface area contributed by atoms with Crippen molar-refractivity contribution in [2.45, 2.75) is 289 Å². The number of esters is 2. The number of unbranched alkanes of at least 4 members (excludes halogenated alkanes) is 31. The van der Waals surface area contributed by atoms with Gasteiger partial charge in [-0.2, -0.15) is 0 Å². The van der Waals surface area contributed by atoms with Gasteiger partial charge in [0.1, 0.15) is 13.2 Å². The van der Waals surface area contributed by atoms with E-state index in [4.69, 9.17) is 18.9 Å². The van der Waals surface area contributed by atoms with Gasteiger partial charge in [-0.05, 0) is 64.2 Å². The third kappa shape index (κ3) is 58.4. The Hall–Kier alpha value is -3.27. The predicted molar refractivity (Wildman–Crippen MR) is 320 cm³/mol. The van der Waals surface area contributed by atoms with Crippen LogP contribution < -0.4 is 5.11 Å². The van der Waals surface area contributed by atoms with Crippen molar-refractivity contribution in [2.24, 2.45) is 0 Å². The number of carboxylic acid groups (broad SMARTS) is 1. The first-order chi connectivity index (χ1) is 37.1. The number of carbonyl (C=O) groups excluding carboxylic acids is 3. The van der Waals surface area contributed by atoms with E-state index >= 15 is 0 Å². The molecule has 0 bridgehead atoms. The molecule has 0 aliphatic rings. The number of ether oxygens (including phenoxy) is 4. The smallest absolute Gasteiger partial charge is 0.306 e. The van der Waals surface area contributed by atoms with E-state index in [9.17, 15) is 19.5 Å². The summed E-state index contributed by atoms with van der Waals surface area (Å²) in [5, 5.41) is 11.8. The second kappa shape index (κ2) is 57.9. The summed E-state index contributed by atoms with van der Waals surface area (Å²) in [6.07, 6.45) is 72.7. The molecule has 0 saturated heterocycles. The standard InChI is InChI=1S/C67H119NO8/c1-6-8-10-12-14-16-18-20-21-22-23-24-25-26-27-28-29-30-31-32-33-34-35-36-37-38-39-40-41-42-43-44-45-46-48-50-52-54-56-58-65(70)76-63(62-75-67(66(71)72)73-60-59-68(3,4)5)61-74-64(69)57-55-53-51-49-47-19-17-15-13-11-9-7-2/h8,10,14,16,20-21,23-24,26-27,29-30,63,67H,6-7,9,11-13,15,17-19,22,25,28,31-62H2,1-5H3/b10-8-,16-14-,21-20-,24-23-,27-26-,30-29-. The Morgan fingerprint density at radius 1 is 0.408 bits per heavy atom. The number of aliphatic carboxylic acids is 1. The Kier molecular flexibility index (Phi) is 55.4. The highest BCUT2D eigenvalue weighted by Crippen LogP contribution is 2.17. The van der Waals surface area contributed by atoms with Crippen molar-refractivity contribution in [2.75, 3.05) is 47.5 Å². The topological polar surface area (TPSA) is 111 Å². The normalized spacial score (nSPS) is 13.2.